The molecule has 0 spiro atoms. The maximum atomic E-state index is 12.9. The predicted octanol–water partition coefficient (Wildman–Crippen LogP) is -3.47. The number of amides is 1. The van der Waals surface area contributed by atoms with Crippen LogP contribution in [-0.4, -0.2) is 113 Å². The number of aldehydes is 1. The van der Waals surface area contributed by atoms with Crippen LogP contribution in [0.2, 0.25) is 0 Å². The number of fused-ring (bicyclic) bond motifs is 8. The summed E-state index contributed by atoms with van der Waals surface area (Å²) in [7, 11) is 0. The molecule has 0 aromatic heterocycles. The number of ether oxygens (including phenoxy) is 4. The van der Waals surface area contributed by atoms with E-state index in [4.69, 9.17) is 18.9 Å². The third-order valence-electron chi connectivity index (χ3n) is 6.24. The van der Waals surface area contributed by atoms with Gasteiger partial charge in [-0.3, -0.25) is 10.1 Å². The first-order chi connectivity index (χ1) is 15.7. The van der Waals surface area contributed by atoms with Gasteiger partial charge in [-0.25, -0.2) is 4.79 Å². The van der Waals surface area contributed by atoms with E-state index in [0.29, 0.717) is 12.7 Å². The largest absolute Gasteiger partial charge is 0.455 e. The predicted molar refractivity (Wildman–Crippen MR) is 107 cm³/mol. The molecule has 0 radical (unpaired) electrons. The van der Waals surface area contributed by atoms with Crippen LogP contribution in [0.5, 0.6) is 0 Å². The highest BCUT2D eigenvalue weighted by molar-refractivity contribution is 5.89. The molecule has 13 nitrogen and oxygen atoms in total. The van der Waals surface area contributed by atoms with Gasteiger partial charge in [-0.2, -0.15) is 0 Å². The molecule has 4 fully saturated rings. The Morgan fingerprint density at radius 1 is 1.12 bits per heavy atom. The van der Waals surface area contributed by atoms with E-state index in [1.807, 2.05) is 6.92 Å². The quantitative estimate of drug-likeness (QED) is 0.126. The highest BCUT2D eigenvalue weighted by Gasteiger charge is 2.49. The van der Waals surface area contributed by atoms with Gasteiger partial charge in [0.2, 0.25) is 5.91 Å². The van der Waals surface area contributed by atoms with Gasteiger partial charge in [0.05, 0.1) is 19.3 Å². The summed E-state index contributed by atoms with van der Waals surface area (Å²) in [4.78, 5) is 36.7. The first-order valence-corrected chi connectivity index (χ1v) is 11.0. The molecule has 6 N–H and O–H groups in total. The first kappa shape index (κ1) is 25.9. The molecule has 4 aliphatic heterocycles. The van der Waals surface area contributed by atoms with E-state index in [0.717, 1.165) is 0 Å². The second kappa shape index (κ2) is 11.1. The van der Waals surface area contributed by atoms with E-state index in [1.165, 1.54) is 0 Å². The normalized spacial score (nSPS) is 43.2. The number of aliphatic hydroxyl groups excluding tert-OH is 4. The fourth-order valence-electron chi connectivity index (χ4n) is 3.97. The van der Waals surface area contributed by atoms with E-state index in [9.17, 15) is 34.8 Å². The van der Waals surface area contributed by atoms with Crippen molar-refractivity contribution < 1.29 is 53.8 Å². The molecular weight excluding hydrogens is 444 g/mol. The van der Waals surface area contributed by atoms with E-state index in [2.05, 4.69) is 10.6 Å². The molecule has 4 rings (SSSR count). The average molecular weight is 476 g/mol. The molecule has 4 aliphatic rings. The lowest BCUT2D eigenvalue weighted by Crippen LogP contribution is -2.64. The van der Waals surface area contributed by atoms with Crippen molar-refractivity contribution in [2.75, 3.05) is 13.2 Å². The summed E-state index contributed by atoms with van der Waals surface area (Å²) in [5.74, 6) is -1.71. The minimum absolute atomic E-state index is 0.228. The van der Waals surface area contributed by atoms with Gasteiger partial charge < -0.3 is 49.5 Å². The topological polar surface area (TPSA) is 193 Å². The average Bonchev–Trinajstić information content (AvgIpc) is 2.82. The van der Waals surface area contributed by atoms with Crippen LogP contribution < -0.4 is 10.6 Å². The van der Waals surface area contributed by atoms with Gasteiger partial charge in [-0.1, -0.05) is 20.3 Å². The van der Waals surface area contributed by atoms with Gasteiger partial charge >= 0.3 is 5.97 Å². The van der Waals surface area contributed by atoms with Gasteiger partial charge in [0.1, 0.15) is 49.1 Å². The molecule has 4 saturated heterocycles. The molecule has 0 saturated carbocycles. The van der Waals surface area contributed by atoms with Crippen LogP contribution in [0, 0.1) is 5.92 Å². The van der Waals surface area contributed by atoms with Gasteiger partial charge in [-0.15, -0.1) is 0 Å². The Bertz CT molecular complexity index is 709. The van der Waals surface area contributed by atoms with Crippen LogP contribution in [0.4, 0.5) is 0 Å². The summed E-state index contributed by atoms with van der Waals surface area (Å²) >= 11 is 0. The van der Waals surface area contributed by atoms with Gasteiger partial charge in [0.15, 0.2) is 12.4 Å². The lowest BCUT2D eigenvalue weighted by Gasteiger charge is -2.44. The number of carbonyl (C=O) groups is 3. The van der Waals surface area contributed by atoms with E-state index < -0.39 is 73.1 Å². The summed E-state index contributed by atoms with van der Waals surface area (Å²) in [5, 5.41) is 46.2. The van der Waals surface area contributed by atoms with Crippen molar-refractivity contribution in [3.05, 3.63) is 0 Å². The Hall–Kier alpha value is -1.71. The Balaban J connectivity index is 1.89. The Labute approximate surface area is 190 Å². The lowest BCUT2D eigenvalue weighted by atomic mass is 9.96. The molecule has 11 atom stereocenters. The molecule has 188 valence electrons. The minimum atomic E-state index is -1.64. The maximum Gasteiger partial charge on any atom is 0.329 e. The standard InChI is InChI=1S/C20H32N2O11/c1-3-8(2)12-17(28)21-9(4-5-23)19(29)32-11-7-30-18(22-12)15(27)16(11)33-20-14(26)13(25)10(24)6-31-20/h5,8-16,18,20,22,24-27H,3-4,6-7H2,1-2H3,(H,21,28)/t8-,9-,10+,11-,12-,13-,14-,15-,16-,18+,20-/m0/s1. The second-order valence-electron chi connectivity index (χ2n) is 8.56. The fraction of sp³-hybridized carbons (Fsp3) is 0.850. The summed E-state index contributed by atoms with van der Waals surface area (Å²) in [6.45, 7) is 3.11. The van der Waals surface area contributed by atoms with Crippen molar-refractivity contribution in [1.29, 1.82) is 0 Å². The third kappa shape index (κ3) is 5.69. The number of aliphatic hydroxyl groups is 4. The van der Waals surface area contributed by atoms with Crippen molar-refractivity contribution in [1.82, 2.24) is 10.6 Å². The number of esters is 1. The SMILES string of the molecule is CC[C@H](C)[C@@H]1N[C@@H]2OC[C@H](OC(=O)[C@H](CC=O)NC1=O)[C@H](O[C@@H]1OC[C@@H](O)[C@H](O)[C@@H]1O)[C@@H]2O. The van der Waals surface area contributed by atoms with Crippen LogP contribution in [0.1, 0.15) is 26.7 Å². The van der Waals surface area contributed by atoms with Crippen molar-refractivity contribution >= 4 is 18.2 Å². The molecule has 13 heteroatoms. The van der Waals surface area contributed by atoms with E-state index >= 15 is 0 Å². The van der Waals surface area contributed by atoms with Crippen LogP contribution in [0.25, 0.3) is 0 Å². The zero-order valence-corrected chi connectivity index (χ0v) is 18.4. The summed E-state index contributed by atoms with van der Waals surface area (Å²) in [6, 6.07) is -2.13. The highest BCUT2D eigenvalue weighted by atomic mass is 16.7. The van der Waals surface area contributed by atoms with Crippen LogP contribution in [-0.2, 0) is 33.3 Å². The fourth-order valence-corrected chi connectivity index (χ4v) is 3.97. The molecular formula is C20H32N2O11. The molecule has 0 aromatic carbocycles. The first-order valence-electron chi connectivity index (χ1n) is 11.0. The van der Waals surface area contributed by atoms with E-state index in [-0.39, 0.29) is 25.6 Å². The smallest absolute Gasteiger partial charge is 0.329 e. The maximum absolute atomic E-state index is 12.9. The molecule has 0 aromatic rings. The van der Waals surface area contributed by atoms with Crippen molar-refractivity contribution in [2.24, 2.45) is 5.92 Å². The number of hydrogen-bond acceptors (Lipinski definition) is 12. The van der Waals surface area contributed by atoms with Crippen molar-refractivity contribution in [2.45, 2.75) is 87.9 Å². The minimum Gasteiger partial charge on any atom is -0.455 e. The summed E-state index contributed by atoms with van der Waals surface area (Å²) < 4.78 is 22.0. The van der Waals surface area contributed by atoms with E-state index in [1.54, 1.807) is 6.92 Å². The lowest BCUT2D eigenvalue weighted by molar-refractivity contribution is -0.317. The molecule has 1 amide bonds. The van der Waals surface area contributed by atoms with Gasteiger partial charge in [-0.05, 0) is 5.92 Å². The van der Waals surface area contributed by atoms with Crippen LogP contribution >= 0.6 is 0 Å². The van der Waals surface area contributed by atoms with Gasteiger partial charge in [0, 0.05) is 6.42 Å². The zero-order chi connectivity index (χ0) is 24.3. The zero-order valence-electron chi connectivity index (χ0n) is 18.4. The third-order valence-corrected chi connectivity index (χ3v) is 6.24. The number of carbonyl (C=O) groups excluding carboxylic acids is 3. The molecule has 0 aliphatic carbocycles. The summed E-state index contributed by atoms with van der Waals surface area (Å²) in [6.07, 6.45) is -10.3. The number of nitrogens with one attached hydrogen (secondary N) is 2. The molecule has 4 heterocycles. The Kier molecular flexibility index (Phi) is 8.75. The molecule has 33 heavy (non-hydrogen) atoms. The number of hydrogen-bond donors (Lipinski definition) is 6. The van der Waals surface area contributed by atoms with Crippen LogP contribution in [0.3, 0.4) is 0 Å². The number of rotatable bonds is 6. The highest BCUT2D eigenvalue weighted by Crippen LogP contribution is 2.27. The van der Waals surface area contributed by atoms with Gasteiger partial charge in [0.25, 0.3) is 0 Å². The molecule has 2 bridgehead atoms. The Morgan fingerprint density at radius 2 is 1.85 bits per heavy atom. The van der Waals surface area contributed by atoms with Crippen molar-refractivity contribution in [3.8, 4) is 0 Å². The summed E-state index contributed by atoms with van der Waals surface area (Å²) in [5.41, 5.74) is 0. The second-order valence-corrected chi connectivity index (χ2v) is 8.56. The molecule has 0 unspecified atom stereocenters. The van der Waals surface area contributed by atoms with Crippen molar-refractivity contribution in [3.63, 3.8) is 0 Å². The Morgan fingerprint density at radius 3 is 2.52 bits per heavy atom. The monoisotopic (exact) mass is 476 g/mol. The van der Waals surface area contributed by atoms with Crippen LogP contribution in [0.15, 0.2) is 0 Å².